The summed E-state index contributed by atoms with van der Waals surface area (Å²) in [5, 5.41) is 13.5. The van der Waals surface area contributed by atoms with Gasteiger partial charge in [-0.3, -0.25) is 0 Å². The van der Waals surface area contributed by atoms with Crippen molar-refractivity contribution in [2.75, 3.05) is 6.61 Å². The molecule has 7 heteroatoms. The molecule has 0 radical (unpaired) electrons. The summed E-state index contributed by atoms with van der Waals surface area (Å²) in [4.78, 5) is 3.38. The largest absolute Gasteiger partial charge is 0.387 e. The average molecular weight is 692 g/mol. The number of aromatic nitrogens is 1. The number of rotatable bonds is 19. The maximum Gasteiger partial charge on any atom is 0.116 e. The van der Waals surface area contributed by atoms with E-state index in [1.165, 1.54) is 12.8 Å². The highest BCUT2D eigenvalue weighted by atomic mass is 16.6. The zero-order valence-corrected chi connectivity index (χ0v) is 29.9. The van der Waals surface area contributed by atoms with E-state index in [-0.39, 0.29) is 6.10 Å². The van der Waals surface area contributed by atoms with Gasteiger partial charge < -0.3 is 33.8 Å². The van der Waals surface area contributed by atoms with Gasteiger partial charge in [-0.05, 0) is 36.1 Å². The smallest absolute Gasteiger partial charge is 0.116 e. The Morgan fingerprint density at radius 2 is 1.06 bits per heavy atom. The number of aromatic amines is 1. The van der Waals surface area contributed by atoms with Crippen LogP contribution in [0, 0.1) is 0 Å². The van der Waals surface area contributed by atoms with E-state index in [4.69, 9.17) is 23.7 Å². The minimum absolute atomic E-state index is 0.319. The fourth-order valence-corrected chi connectivity index (χ4v) is 7.02. The van der Waals surface area contributed by atoms with Gasteiger partial charge in [-0.2, -0.15) is 0 Å². The van der Waals surface area contributed by atoms with Gasteiger partial charge in [-0.25, -0.2) is 0 Å². The van der Waals surface area contributed by atoms with E-state index in [0.29, 0.717) is 26.4 Å². The lowest BCUT2D eigenvalue weighted by Crippen LogP contribution is -2.67. The Bertz CT molecular complexity index is 1700. The number of benzene rings is 4. The molecular formula is C44H53NO6. The second-order valence-electron chi connectivity index (χ2n) is 13.6. The molecule has 6 rings (SSSR count). The molecule has 1 heterocycles. The van der Waals surface area contributed by atoms with Gasteiger partial charge >= 0.3 is 0 Å². The van der Waals surface area contributed by atoms with Crippen LogP contribution in [-0.4, -0.2) is 53.3 Å². The standard InChI is InChI=1S/C44H53NO6/c1-3-4-5-6-18-27-47-40-39(46)41(51-32(2)37-28-45-38-26-17-16-25-36(37)38)43(49-30-34-21-12-8-13-22-34)44(50-31-35-23-14-9-15-24-35)42(40)48-29-33-19-10-7-11-20-33/h7-17,19-26,28,32,39-46H,3-6,18,27,29-31H2,1-2H3. The van der Waals surface area contributed by atoms with Crippen molar-refractivity contribution in [1.82, 2.24) is 4.98 Å². The molecule has 7 atom stereocenters. The van der Waals surface area contributed by atoms with Crippen LogP contribution in [0.5, 0.6) is 0 Å². The predicted octanol–water partition coefficient (Wildman–Crippen LogP) is 9.10. The molecular weight excluding hydrogens is 638 g/mol. The molecule has 4 aromatic carbocycles. The second kappa shape index (κ2) is 19.1. The van der Waals surface area contributed by atoms with E-state index >= 15 is 0 Å². The van der Waals surface area contributed by atoms with Gasteiger partial charge in [0.05, 0.1) is 25.9 Å². The van der Waals surface area contributed by atoms with Crippen molar-refractivity contribution in [2.24, 2.45) is 0 Å². The van der Waals surface area contributed by atoms with Crippen LogP contribution in [0.25, 0.3) is 10.9 Å². The molecule has 0 bridgehead atoms. The first-order valence-electron chi connectivity index (χ1n) is 18.6. The van der Waals surface area contributed by atoms with Crippen molar-refractivity contribution in [2.45, 2.75) is 108 Å². The zero-order valence-electron chi connectivity index (χ0n) is 29.9. The summed E-state index contributed by atoms with van der Waals surface area (Å²) in [6, 6.07) is 38.5. The number of H-pyrrole nitrogens is 1. The summed E-state index contributed by atoms with van der Waals surface area (Å²) in [5.74, 6) is 0. The first-order chi connectivity index (χ1) is 25.1. The molecule has 7 nitrogen and oxygen atoms in total. The maximum atomic E-state index is 12.4. The second-order valence-corrected chi connectivity index (χ2v) is 13.6. The highest BCUT2D eigenvalue weighted by molar-refractivity contribution is 5.83. The number of hydrogen-bond acceptors (Lipinski definition) is 6. The van der Waals surface area contributed by atoms with Crippen LogP contribution in [0.1, 0.15) is 74.3 Å². The van der Waals surface area contributed by atoms with Crippen molar-refractivity contribution in [3.05, 3.63) is 144 Å². The number of nitrogens with one attached hydrogen (secondary N) is 1. The molecule has 1 fully saturated rings. The van der Waals surface area contributed by atoms with Gasteiger partial charge in [0.1, 0.15) is 36.6 Å². The summed E-state index contributed by atoms with van der Waals surface area (Å²) in [6.45, 7) is 5.74. The van der Waals surface area contributed by atoms with Crippen molar-refractivity contribution in [3.63, 3.8) is 0 Å². The SMILES string of the molecule is CCCCCCCOC1C(O)C(OC(C)c2c[nH]c3ccccc23)C(OCc2ccccc2)C(OCc2ccccc2)C1OCc1ccccc1. The van der Waals surface area contributed by atoms with Gasteiger partial charge in [-0.15, -0.1) is 0 Å². The molecule has 5 aromatic rings. The van der Waals surface area contributed by atoms with E-state index in [1.807, 2.05) is 104 Å². The van der Waals surface area contributed by atoms with E-state index in [1.54, 1.807) is 0 Å². The number of ether oxygens (including phenoxy) is 5. The highest BCUT2D eigenvalue weighted by Crippen LogP contribution is 2.37. The van der Waals surface area contributed by atoms with Gasteiger partial charge in [0.25, 0.3) is 0 Å². The van der Waals surface area contributed by atoms with Crippen LogP contribution in [0.2, 0.25) is 0 Å². The normalized spacial score (nSPS) is 22.6. The summed E-state index contributed by atoms with van der Waals surface area (Å²) in [7, 11) is 0. The molecule has 270 valence electrons. The number of unbranched alkanes of at least 4 members (excludes halogenated alkanes) is 4. The fraction of sp³-hybridized carbons (Fsp3) is 0.409. The third-order valence-electron chi connectivity index (χ3n) is 9.80. The minimum atomic E-state index is -1.05. The van der Waals surface area contributed by atoms with Crippen LogP contribution in [0.4, 0.5) is 0 Å². The lowest BCUT2D eigenvalue weighted by Gasteiger charge is -2.49. The van der Waals surface area contributed by atoms with Crippen LogP contribution < -0.4 is 0 Å². The molecule has 0 amide bonds. The summed E-state index contributed by atoms with van der Waals surface area (Å²) in [6.07, 6.45) is 2.66. The molecule has 51 heavy (non-hydrogen) atoms. The molecule has 0 aliphatic heterocycles. The van der Waals surface area contributed by atoms with Gasteiger partial charge in [0.2, 0.25) is 0 Å². The van der Waals surface area contributed by atoms with Crippen molar-refractivity contribution < 1.29 is 28.8 Å². The minimum Gasteiger partial charge on any atom is -0.387 e. The lowest BCUT2D eigenvalue weighted by molar-refractivity contribution is -0.285. The van der Waals surface area contributed by atoms with Crippen LogP contribution >= 0.6 is 0 Å². The Balaban J connectivity index is 1.34. The maximum absolute atomic E-state index is 12.4. The number of fused-ring (bicyclic) bond motifs is 1. The predicted molar refractivity (Wildman–Crippen MR) is 201 cm³/mol. The van der Waals surface area contributed by atoms with Crippen molar-refractivity contribution >= 4 is 10.9 Å². The van der Waals surface area contributed by atoms with Crippen molar-refractivity contribution in [3.8, 4) is 0 Å². The van der Waals surface area contributed by atoms with E-state index in [9.17, 15) is 5.11 Å². The fourth-order valence-electron chi connectivity index (χ4n) is 7.02. The molecule has 7 unspecified atom stereocenters. The third kappa shape index (κ3) is 9.95. The Morgan fingerprint density at radius 1 is 0.569 bits per heavy atom. The molecule has 1 aliphatic rings. The molecule has 0 spiro atoms. The van der Waals surface area contributed by atoms with Gasteiger partial charge in [-0.1, -0.05) is 142 Å². The first kappa shape index (κ1) is 37.0. The van der Waals surface area contributed by atoms with Gasteiger partial charge in [0.15, 0.2) is 0 Å². The molecule has 1 saturated carbocycles. The van der Waals surface area contributed by atoms with Gasteiger partial charge in [0, 0.05) is 29.3 Å². The van der Waals surface area contributed by atoms with E-state index < -0.39 is 36.6 Å². The number of para-hydroxylation sites is 1. The summed E-state index contributed by atoms with van der Waals surface area (Å²) >= 11 is 0. The number of aliphatic hydroxyl groups is 1. The number of aliphatic hydroxyl groups excluding tert-OH is 1. The summed E-state index contributed by atoms with van der Waals surface area (Å²) < 4.78 is 34.0. The van der Waals surface area contributed by atoms with Crippen LogP contribution in [0.15, 0.2) is 121 Å². The molecule has 1 aliphatic carbocycles. The summed E-state index contributed by atoms with van der Waals surface area (Å²) in [5.41, 5.74) is 5.12. The van der Waals surface area contributed by atoms with E-state index in [0.717, 1.165) is 52.4 Å². The Hall–Kier alpha value is -3.82. The Labute approximate surface area is 302 Å². The first-order valence-corrected chi connectivity index (χ1v) is 18.6. The average Bonchev–Trinajstić information content (AvgIpc) is 3.61. The number of hydrogen-bond donors (Lipinski definition) is 2. The Kier molecular flexibility index (Phi) is 13.9. The lowest BCUT2D eigenvalue weighted by atomic mass is 9.83. The highest BCUT2D eigenvalue weighted by Gasteiger charge is 2.54. The molecule has 2 N–H and O–H groups in total. The van der Waals surface area contributed by atoms with Crippen molar-refractivity contribution in [1.29, 1.82) is 0 Å². The monoisotopic (exact) mass is 691 g/mol. The van der Waals surface area contributed by atoms with E-state index in [2.05, 4.69) is 36.2 Å². The molecule has 0 saturated heterocycles. The topological polar surface area (TPSA) is 82.2 Å². The third-order valence-corrected chi connectivity index (χ3v) is 9.80. The van der Waals surface area contributed by atoms with Crippen LogP contribution in [0.3, 0.4) is 0 Å². The Morgan fingerprint density at radius 3 is 1.63 bits per heavy atom. The molecule has 1 aromatic heterocycles. The van der Waals surface area contributed by atoms with Crippen LogP contribution in [-0.2, 0) is 43.5 Å². The zero-order chi connectivity index (χ0) is 35.3. The quantitative estimate of drug-likeness (QED) is 0.0841.